The van der Waals surface area contributed by atoms with Crippen molar-refractivity contribution >= 4 is 0 Å². The van der Waals surface area contributed by atoms with E-state index in [9.17, 15) is 0 Å². The number of hydrogen-bond acceptors (Lipinski definition) is 1. The Kier molecular flexibility index (Phi) is 6.32. The highest BCUT2D eigenvalue weighted by molar-refractivity contribution is 4.92. The Labute approximate surface area is 102 Å². The molecule has 16 heavy (non-hydrogen) atoms. The van der Waals surface area contributed by atoms with Crippen LogP contribution in [0.15, 0.2) is 12.2 Å². The molecule has 1 unspecified atom stereocenters. The maximum Gasteiger partial charge on any atom is 0.0598 e. The first kappa shape index (κ1) is 15.7. The minimum Gasteiger partial charge on any atom is -0.376 e. The van der Waals surface area contributed by atoms with E-state index in [-0.39, 0.29) is 5.60 Å². The van der Waals surface area contributed by atoms with Crippen LogP contribution < -0.4 is 0 Å². The van der Waals surface area contributed by atoms with Crippen LogP contribution in [-0.2, 0) is 4.74 Å². The number of hydrogen-bond donors (Lipinski definition) is 0. The Morgan fingerprint density at radius 3 is 2.06 bits per heavy atom. The lowest BCUT2D eigenvalue weighted by molar-refractivity contribution is -0.0204. The molecule has 0 spiro atoms. The molecule has 1 nitrogen and oxygen atoms in total. The van der Waals surface area contributed by atoms with E-state index < -0.39 is 0 Å². The second kappa shape index (κ2) is 6.44. The Hall–Kier alpha value is -0.300. The molecule has 0 saturated carbocycles. The molecule has 0 amide bonds. The highest BCUT2D eigenvalue weighted by Crippen LogP contribution is 2.17. The zero-order valence-electron chi connectivity index (χ0n) is 12.3. The van der Waals surface area contributed by atoms with Crippen LogP contribution in [0.2, 0.25) is 0 Å². The molecule has 0 aliphatic rings. The van der Waals surface area contributed by atoms with E-state index in [1.165, 1.54) is 6.42 Å². The summed E-state index contributed by atoms with van der Waals surface area (Å²) in [5.74, 6) is 0.642. The van der Waals surface area contributed by atoms with Gasteiger partial charge in [-0.3, -0.25) is 0 Å². The van der Waals surface area contributed by atoms with E-state index in [1.807, 2.05) is 0 Å². The lowest BCUT2D eigenvalue weighted by atomic mass is 9.95. The Balaban J connectivity index is 3.67. The van der Waals surface area contributed by atoms with Gasteiger partial charge >= 0.3 is 0 Å². The molecule has 0 fully saturated rings. The van der Waals surface area contributed by atoms with Crippen molar-refractivity contribution < 1.29 is 4.74 Å². The van der Waals surface area contributed by atoms with Gasteiger partial charge in [0.1, 0.15) is 0 Å². The minimum absolute atomic E-state index is 0.00446. The fourth-order valence-electron chi connectivity index (χ4n) is 1.29. The summed E-state index contributed by atoms with van der Waals surface area (Å²) in [5.41, 5.74) is 0.306. The van der Waals surface area contributed by atoms with Crippen LogP contribution >= 0.6 is 0 Å². The minimum atomic E-state index is -0.00446. The zero-order valence-corrected chi connectivity index (χ0v) is 12.3. The summed E-state index contributed by atoms with van der Waals surface area (Å²) in [4.78, 5) is 0. The lowest BCUT2D eigenvalue weighted by Gasteiger charge is -2.22. The van der Waals surface area contributed by atoms with Crippen LogP contribution in [0.1, 0.15) is 61.3 Å². The normalized spacial score (nSPS) is 15.7. The third-order valence-electron chi connectivity index (χ3n) is 2.24. The van der Waals surface area contributed by atoms with Crippen LogP contribution in [0.5, 0.6) is 0 Å². The van der Waals surface area contributed by atoms with Gasteiger partial charge < -0.3 is 4.74 Å². The topological polar surface area (TPSA) is 9.23 Å². The fraction of sp³-hybridized carbons (Fsp3) is 0.867. The molecule has 0 radical (unpaired) electrons. The average molecular weight is 226 g/mol. The highest BCUT2D eigenvalue weighted by atomic mass is 16.5. The quantitative estimate of drug-likeness (QED) is 0.611. The van der Waals surface area contributed by atoms with Crippen molar-refractivity contribution in [1.29, 1.82) is 0 Å². The second-order valence-corrected chi connectivity index (χ2v) is 6.87. The highest BCUT2D eigenvalue weighted by Gasteiger charge is 2.12. The van der Waals surface area contributed by atoms with E-state index in [4.69, 9.17) is 4.74 Å². The molecular weight excluding hydrogens is 196 g/mol. The predicted molar refractivity (Wildman–Crippen MR) is 72.7 cm³/mol. The van der Waals surface area contributed by atoms with Gasteiger partial charge in [0.2, 0.25) is 0 Å². The first-order chi connectivity index (χ1) is 7.10. The van der Waals surface area contributed by atoms with Crippen LogP contribution in [0, 0.1) is 11.3 Å². The summed E-state index contributed by atoms with van der Waals surface area (Å²) in [7, 11) is 0. The molecule has 96 valence electrons. The molecule has 0 aliphatic carbocycles. The number of allylic oxidation sites excluding steroid dienone is 2. The molecule has 0 aromatic heterocycles. The summed E-state index contributed by atoms with van der Waals surface area (Å²) >= 11 is 0. The lowest BCUT2D eigenvalue weighted by Crippen LogP contribution is -2.22. The first-order valence-corrected chi connectivity index (χ1v) is 6.42. The predicted octanol–water partition coefficient (Wildman–Crippen LogP) is 4.82. The Morgan fingerprint density at radius 2 is 1.62 bits per heavy atom. The molecule has 0 rings (SSSR count). The molecular formula is C15H30O. The summed E-state index contributed by atoms with van der Waals surface area (Å²) in [6.07, 6.45) is 6.96. The molecule has 0 saturated heterocycles. The third kappa shape index (κ3) is 11.8. The molecule has 0 heterocycles. The van der Waals surface area contributed by atoms with Crippen LogP contribution in [-0.4, -0.2) is 12.2 Å². The van der Waals surface area contributed by atoms with Crippen molar-refractivity contribution in [2.75, 3.05) is 6.61 Å². The van der Waals surface area contributed by atoms with Gasteiger partial charge in [0.15, 0.2) is 0 Å². The first-order valence-electron chi connectivity index (χ1n) is 6.42. The average Bonchev–Trinajstić information content (AvgIpc) is 2.06. The van der Waals surface area contributed by atoms with Gasteiger partial charge in [-0.15, -0.1) is 0 Å². The monoisotopic (exact) mass is 226 g/mol. The van der Waals surface area contributed by atoms with E-state index in [0.717, 1.165) is 13.0 Å². The summed E-state index contributed by atoms with van der Waals surface area (Å²) in [5, 5.41) is 0. The zero-order chi connectivity index (χ0) is 12.8. The SMILES string of the molecule is CC(CCC=CC(C)(C)C)COC(C)(C)C. The van der Waals surface area contributed by atoms with Gasteiger partial charge in [-0.1, -0.05) is 39.8 Å². The molecule has 0 aromatic rings. The van der Waals surface area contributed by atoms with Crippen LogP contribution in [0.3, 0.4) is 0 Å². The van der Waals surface area contributed by atoms with Crippen molar-refractivity contribution in [2.45, 2.75) is 66.9 Å². The number of ether oxygens (including phenoxy) is 1. The molecule has 1 heteroatoms. The van der Waals surface area contributed by atoms with Gasteiger partial charge in [-0.05, 0) is 44.9 Å². The van der Waals surface area contributed by atoms with Gasteiger partial charge in [-0.25, -0.2) is 0 Å². The standard InChI is InChI=1S/C15H30O/c1-13(12-16-15(5,6)7)10-8-9-11-14(2,3)4/h9,11,13H,8,10,12H2,1-7H3. The third-order valence-corrected chi connectivity index (χ3v) is 2.24. The van der Waals surface area contributed by atoms with Crippen molar-refractivity contribution in [2.24, 2.45) is 11.3 Å². The van der Waals surface area contributed by atoms with Crippen molar-refractivity contribution in [3.8, 4) is 0 Å². The summed E-state index contributed by atoms with van der Waals surface area (Å²) in [6, 6.07) is 0. The Bertz CT molecular complexity index is 202. The Morgan fingerprint density at radius 1 is 1.06 bits per heavy atom. The molecule has 0 aromatic carbocycles. The summed E-state index contributed by atoms with van der Waals surface area (Å²) in [6.45, 7) is 16.2. The van der Waals surface area contributed by atoms with Crippen LogP contribution in [0.4, 0.5) is 0 Å². The van der Waals surface area contributed by atoms with Gasteiger partial charge in [0.05, 0.1) is 5.60 Å². The van der Waals surface area contributed by atoms with Crippen molar-refractivity contribution in [1.82, 2.24) is 0 Å². The molecule has 0 aliphatic heterocycles. The largest absolute Gasteiger partial charge is 0.376 e. The maximum absolute atomic E-state index is 5.76. The molecule has 0 N–H and O–H groups in total. The second-order valence-electron chi connectivity index (χ2n) is 6.87. The number of rotatable bonds is 5. The van der Waals surface area contributed by atoms with E-state index in [0.29, 0.717) is 11.3 Å². The fourth-order valence-corrected chi connectivity index (χ4v) is 1.29. The van der Waals surface area contributed by atoms with Gasteiger partial charge in [-0.2, -0.15) is 0 Å². The van der Waals surface area contributed by atoms with Crippen molar-refractivity contribution in [3.63, 3.8) is 0 Å². The van der Waals surface area contributed by atoms with E-state index in [2.05, 4.69) is 60.6 Å². The van der Waals surface area contributed by atoms with Gasteiger partial charge in [0, 0.05) is 6.61 Å². The molecule has 1 atom stereocenters. The smallest absolute Gasteiger partial charge is 0.0598 e. The van der Waals surface area contributed by atoms with E-state index in [1.54, 1.807) is 0 Å². The van der Waals surface area contributed by atoms with E-state index >= 15 is 0 Å². The van der Waals surface area contributed by atoms with Gasteiger partial charge in [0.25, 0.3) is 0 Å². The van der Waals surface area contributed by atoms with Crippen LogP contribution in [0.25, 0.3) is 0 Å². The summed E-state index contributed by atoms with van der Waals surface area (Å²) < 4.78 is 5.76. The molecule has 0 bridgehead atoms. The maximum atomic E-state index is 5.76. The van der Waals surface area contributed by atoms with Crippen molar-refractivity contribution in [3.05, 3.63) is 12.2 Å².